The summed E-state index contributed by atoms with van der Waals surface area (Å²) in [6.07, 6.45) is 3.76. The van der Waals surface area contributed by atoms with E-state index in [1.165, 1.54) is 41.8 Å². The highest BCUT2D eigenvalue weighted by molar-refractivity contribution is 5.90. The van der Waals surface area contributed by atoms with Crippen molar-refractivity contribution in [2.24, 2.45) is 0 Å². The second-order valence-corrected chi connectivity index (χ2v) is 6.95. The van der Waals surface area contributed by atoms with Crippen molar-refractivity contribution in [3.63, 3.8) is 0 Å². The van der Waals surface area contributed by atoms with Crippen LogP contribution >= 0.6 is 0 Å². The minimum Gasteiger partial charge on any atom is -0.355 e. The smallest absolute Gasteiger partial charge is 0.0901 e. The third-order valence-electron chi connectivity index (χ3n) is 4.93. The summed E-state index contributed by atoms with van der Waals surface area (Å²) in [5.74, 6) is 0. The first-order valence-electron chi connectivity index (χ1n) is 9.83. The van der Waals surface area contributed by atoms with Gasteiger partial charge in [0.1, 0.15) is 0 Å². The third kappa shape index (κ3) is 4.47. The van der Waals surface area contributed by atoms with Crippen LogP contribution in [0.3, 0.4) is 0 Å². The van der Waals surface area contributed by atoms with Gasteiger partial charge in [-0.2, -0.15) is 0 Å². The van der Waals surface area contributed by atoms with Crippen LogP contribution in [0.15, 0.2) is 60.7 Å². The Balaban J connectivity index is 1.80. The molecule has 0 amide bonds. The number of rotatable bonds is 9. The van der Waals surface area contributed by atoms with Crippen LogP contribution in [0.2, 0.25) is 0 Å². The van der Waals surface area contributed by atoms with Gasteiger partial charge in [0.2, 0.25) is 0 Å². The van der Waals surface area contributed by atoms with Crippen LogP contribution in [0.1, 0.15) is 37.3 Å². The molecule has 3 heteroatoms. The molecule has 138 valence electrons. The van der Waals surface area contributed by atoms with Crippen LogP contribution < -0.4 is 5.32 Å². The highest BCUT2D eigenvalue weighted by Crippen LogP contribution is 2.36. The van der Waals surface area contributed by atoms with Gasteiger partial charge in [-0.1, -0.05) is 74.0 Å². The minimum atomic E-state index is 0.960. The molecule has 0 atom stereocenters. The largest absolute Gasteiger partial charge is 0.355 e. The summed E-state index contributed by atoms with van der Waals surface area (Å²) < 4.78 is 0. The lowest BCUT2D eigenvalue weighted by atomic mass is 10.0. The Morgan fingerprint density at radius 3 is 2.04 bits per heavy atom. The summed E-state index contributed by atoms with van der Waals surface area (Å²) in [5, 5.41) is 3.42. The highest BCUT2D eigenvalue weighted by Gasteiger charge is 2.28. The summed E-state index contributed by atoms with van der Waals surface area (Å²) in [6.45, 7) is 6.44. The van der Waals surface area contributed by atoms with Crippen molar-refractivity contribution in [3.05, 3.63) is 71.8 Å². The first kappa shape index (κ1) is 18.5. The average molecular weight is 350 g/mol. The summed E-state index contributed by atoms with van der Waals surface area (Å²) in [5.41, 5.74) is 5.31. The molecular weight excluding hydrogens is 318 g/mol. The first-order valence-corrected chi connectivity index (χ1v) is 9.83. The van der Waals surface area contributed by atoms with Gasteiger partial charge in [0.05, 0.1) is 18.1 Å². The zero-order valence-electron chi connectivity index (χ0n) is 16.1. The molecule has 0 aromatic heterocycles. The fraction of sp³-hybridized carbons (Fsp3) is 0.391. The number of benzene rings is 2. The molecule has 0 fully saturated rings. The zero-order chi connectivity index (χ0) is 18.2. The van der Waals surface area contributed by atoms with Crippen molar-refractivity contribution >= 4 is 11.4 Å². The molecule has 1 N–H and O–H groups in total. The number of hydrogen-bond donors (Lipinski definition) is 1. The Bertz CT molecular complexity index is 694. The monoisotopic (exact) mass is 349 g/mol. The minimum absolute atomic E-state index is 0.960. The van der Waals surface area contributed by atoms with E-state index in [9.17, 15) is 0 Å². The van der Waals surface area contributed by atoms with Gasteiger partial charge in [-0.25, -0.2) is 0 Å². The molecule has 2 aromatic carbocycles. The second-order valence-electron chi connectivity index (χ2n) is 6.95. The van der Waals surface area contributed by atoms with E-state index < -0.39 is 0 Å². The van der Waals surface area contributed by atoms with E-state index in [0.717, 1.165) is 26.3 Å². The van der Waals surface area contributed by atoms with Crippen molar-refractivity contribution in [2.45, 2.75) is 26.2 Å². The molecule has 0 unspecified atom stereocenters. The number of nitrogens with one attached hydrogen (secondary N) is 1. The normalized spacial score (nSPS) is 14.4. The van der Waals surface area contributed by atoms with E-state index in [2.05, 4.69) is 89.8 Å². The number of nitrogens with zero attached hydrogens (tertiary/aromatic N) is 2. The van der Waals surface area contributed by atoms with Crippen molar-refractivity contribution in [1.82, 2.24) is 15.1 Å². The molecule has 0 aliphatic carbocycles. The van der Waals surface area contributed by atoms with Gasteiger partial charge in [0.25, 0.3) is 0 Å². The predicted octanol–water partition coefficient (Wildman–Crippen LogP) is 4.50. The SMILES string of the molecule is CCNCCCCCN1CN(C)C(c2ccccc2)=C1c1ccccc1. The van der Waals surface area contributed by atoms with E-state index >= 15 is 0 Å². The maximum atomic E-state index is 3.42. The maximum Gasteiger partial charge on any atom is 0.0901 e. The van der Waals surface area contributed by atoms with Gasteiger partial charge in [-0.3, -0.25) is 0 Å². The lowest BCUT2D eigenvalue weighted by Crippen LogP contribution is -2.26. The topological polar surface area (TPSA) is 18.5 Å². The van der Waals surface area contributed by atoms with Crippen LogP contribution in [0.4, 0.5) is 0 Å². The van der Waals surface area contributed by atoms with Gasteiger partial charge < -0.3 is 15.1 Å². The molecule has 0 bridgehead atoms. The Morgan fingerprint density at radius 1 is 0.808 bits per heavy atom. The molecule has 2 aromatic rings. The lowest BCUT2D eigenvalue weighted by Gasteiger charge is -2.22. The van der Waals surface area contributed by atoms with Crippen LogP contribution in [0, 0.1) is 0 Å². The zero-order valence-corrected chi connectivity index (χ0v) is 16.1. The summed E-state index contributed by atoms with van der Waals surface area (Å²) in [7, 11) is 2.20. The summed E-state index contributed by atoms with van der Waals surface area (Å²) in [4.78, 5) is 4.93. The van der Waals surface area contributed by atoms with Crippen LogP contribution in [-0.2, 0) is 0 Å². The molecule has 0 spiro atoms. The van der Waals surface area contributed by atoms with Crippen molar-refractivity contribution in [3.8, 4) is 0 Å². The number of hydrogen-bond acceptors (Lipinski definition) is 3. The van der Waals surface area contributed by atoms with Crippen molar-refractivity contribution in [2.75, 3.05) is 33.4 Å². The molecule has 3 nitrogen and oxygen atoms in total. The van der Waals surface area contributed by atoms with E-state index in [1.807, 2.05) is 0 Å². The third-order valence-corrected chi connectivity index (χ3v) is 4.93. The Kier molecular flexibility index (Phi) is 6.73. The standard InChI is InChI=1S/C23H31N3/c1-3-24-17-11-6-12-18-26-19-25(2)22(20-13-7-4-8-14-20)23(26)21-15-9-5-10-16-21/h4-5,7-10,13-16,24H,3,6,11-12,17-19H2,1-2H3. The Hall–Kier alpha value is -2.26. The van der Waals surface area contributed by atoms with E-state index in [4.69, 9.17) is 0 Å². The molecule has 1 aliphatic heterocycles. The molecule has 0 radical (unpaired) electrons. The molecular formula is C23H31N3. The van der Waals surface area contributed by atoms with Gasteiger partial charge in [0, 0.05) is 13.6 Å². The van der Waals surface area contributed by atoms with Gasteiger partial charge >= 0.3 is 0 Å². The molecule has 1 heterocycles. The maximum absolute atomic E-state index is 3.42. The van der Waals surface area contributed by atoms with Crippen LogP contribution in [-0.4, -0.2) is 43.2 Å². The predicted molar refractivity (Wildman–Crippen MR) is 111 cm³/mol. The van der Waals surface area contributed by atoms with E-state index in [1.54, 1.807) is 0 Å². The molecule has 3 rings (SSSR count). The van der Waals surface area contributed by atoms with E-state index in [-0.39, 0.29) is 0 Å². The Morgan fingerprint density at radius 2 is 1.42 bits per heavy atom. The molecule has 1 aliphatic rings. The fourth-order valence-electron chi connectivity index (χ4n) is 3.69. The molecule has 0 saturated carbocycles. The lowest BCUT2D eigenvalue weighted by molar-refractivity contribution is 0.305. The van der Waals surface area contributed by atoms with Crippen molar-refractivity contribution < 1.29 is 0 Å². The summed E-state index contributed by atoms with van der Waals surface area (Å²) in [6, 6.07) is 21.6. The second kappa shape index (κ2) is 9.44. The average Bonchev–Trinajstić information content (AvgIpc) is 3.02. The fourth-order valence-corrected chi connectivity index (χ4v) is 3.69. The van der Waals surface area contributed by atoms with Gasteiger partial charge in [0.15, 0.2) is 0 Å². The molecule has 0 saturated heterocycles. The van der Waals surface area contributed by atoms with Gasteiger partial charge in [-0.15, -0.1) is 0 Å². The van der Waals surface area contributed by atoms with Crippen LogP contribution in [0.25, 0.3) is 11.4 Å². The quantitative estimate of drug-likeness (QED) is 0.673. The van der Waals surface area contributed by atoms with Gasteiger partial charge in [-0.05, 0) is 37.1 Å². The summed E-state index contributed by atoms with van der Waals surface area (Å²) >= 11 is 0. The van der Waals surface area contributed by atoms with Crippen molar-refractivity contribution in [1.29, 1.82) is 0 Å². The Labute approximate surface area is 158 Å². The first-order chi connectivity index (χ1) is 12.8. The molecule has 26 heavy (non-hydrogen) atoms. The number of unbranched alkanes of at least 4 members (excludes halogenated alkanes) is 2. The van der Waals surface area contributed by atoms with E-state index in [0.29, 0.717) is 0 Å². The highest BCUT2D eigenvalue weighted by atomic mass is 15.4. The van der Waals surface area contributed by atoms with Crippen LogP contribution in [0.5, 0.6) is 0 Å².